The molecule has 0 aliphatic carbocycles. The molecule has 0 aliphatic rings. The standard InChI is InChI=1S/C14H16O2/c1-16-14(8-9-15)13-7-6-11-4-2-3-5-12(11)10-13/h2-7,10,14-15H,8-9H2,1H3. The van der Waals surface area contributed by atoms with Crippen molar-refractivity contribution < 1.29 is 9.84 Å². The molecule has 1 unspecified atom stereocenters. The van der Waals surface area contributed by atoms with Crippen LogP contribution in [-0.2, 0) is 4.74 Å². The van der Waals surface area contributed by atoms with Gasteiger partial charge in [-0.1, -0.05) is 36.4 Å². The summed E-state index contributed by atoms with van der Waals surface area (Å²) in [5, 5.41) is 11.4. The van der Waals surface area contributed by atoms with Crippen molar-refractivity contribution in [3.63, 3.8) is 0 Å². The zero-order valence-corrected chi connectivity index (χ0v) is 9.39. The van der Waals surface area contributed by atoms with Crippen LogP contribution in [0.4, 0.5) is 0 Å². The molecule has 2 nitrogen and oxygen atoms in total. The molecular weight excluding hydrogens is 200 g/mol. The number of ether oxygens (including phenoxy) is 1. The molecular formula is C14H16O2. The summed E-state index contributed by atoms with van der Waals surface area (Å²) in [6.07, 6.45) is 0.615. The number of benzene rings is 2. The van der Waals surface area contributed by atoms with Gasteiger partial charge in [0.05, 0.1) is 6.10 Å². The number of hydrogen-bond donors (Lipinski definition) is 1. The van der Waals surface area contributed by atoms with Crippen LogP contribution in [0, 0.1) is 0 Å². The van der Waals surface area contributed by atoms with E-state index in [4.69, 9.17) is 9.84 Å². The summed E-state index contributed by atoms with van der Waals surface area (Å²) < 4.78 is 5.37. The zero-order chi connectivity index (χ0) is 11.4. The van der Waals surface area contributed by atoms with Gasteiger partial charge in [-0.15, -0.1) is 0 Å². The molecule has 0 radical (unpaired) electrons. The van der Waals surface area contributed by atoms with E-state index < -0.39 is 0 Å². The van der Waals surface area contributed by atoms with Crippen LogP contribution < -0.4 is 0 Å². The number of aliphatic hydroxyl groups excluding tert-OH is 1. The van der Waals surface area contributed by atoms with Gasteiger partial charge < -0.3 is 9.84 Å². The molecule has 2 rings (SSSR count). The van der Waals surface area contributed by atoms with E-state index >= 15 is 0 Å². The van der Waals surface area contributed by atoms with E-state index in [1.807, 2.05) is 12.1 Å². The zero-order valence-electron chi connectivity index (χ0n) is 9.39. The van der Waals surface area contributed by atoms with Crippen molar-refractivity contribution in [2.24, 2.45) is 0 Å². The number of hydrogen-bond acceptors (Lipinski definition) is 2. The lowest BCUT2D eigenvalue weighted by Gasteiger charge is -2.14. The average Bonchev–Trinajstić information content (AvgIpc) is 2.35. The Labute approximate surface area is 95.5 Å². The topological polar surface area (TPSA) is 29.5 Å². The van der Waals surface area contributed by atoms with Crippen molar-refractivity contribution in [2.45, 2.75) is 12.5 Å². The average molecular weight is 216 g/mol. The van der Waals surface area contributed by atoms with E-state index in [1.165, 1.54) is 10.8 Å². The maximum Gasteiger partial charge on any atom is 0.0843 e. The molecule has 0 amide bonds. The van der Waals surface area contributed by atoms with Crippen LogP contribution in [0.5, 0.6) is 0 Å². The Bertz CT molecular complexity index is 465. The predicted octanol–water partition coefficient (Wildman–Crippen LogP) is 2.91. The van der Waals surface area contributed by atoms with E-state index in [0.717, 1.165) is 5.56 Å². The second kappa shape index (κ2) is 5.10. The van der Waals surface area contributed by atoms with E-state index in [9.17, 15) is 0 Å². The highest BCUT2D eigenvalue weighted by molar-refractivity contribution is 5.83. The highest BCUT2D eigenvalue weighted by Gasteiger charge is 2.09. The Kier molecular flexibility index (Phi) is 3.54. The molecule has 0 saturated heterocycles. The minimum atomic E-state index is -0.0189. The predicted molar refractivity (Wildman–Crippen MR) is 65.4 cm³/mol. The van der Waals surface area contributed by atoms with Gasteiger partial charge in [-0.3, -0.25) is 0 Å². The van der Waals surface area contributed by atoms with E-state index in [2.05, 4.69) is 30.3 Å². The van der Waals surface area contributed by atoms with Gasteiger partial charge in [0.1, 0.15) is 0 Å². The van der Waals surface area contributed by atoms with Gasteiger partial charge in [0.25, 0.3) is 0 Å². The van der Waals surface area contributed by atoms with Crippen LogP contribution in [0.15, 0.2) is 42.5 Å². The fourth-order valence-corrected chi connectivity index (χ4v) is 1.95. The maximum atomic E-state index is 8.96. The van der Waals surface area contributed by atoms with Crippen molar-refractivity contribution in [2.75, 3.05) is 13.7 Å². The molecule has 84 valence electrons. The SMILES string of the molecule is COC(CCO)c1ccc2ccccc2c1. The van der Waals surface area contributed by atoms with Crippen molar-refractivity contribution in [1.29, 1.82) is 0 Å². The molecule has 0 spiro atoms. The molecule has 16 heavy (non-hydrogen) atoms. The Balaban J connectivity index is 2.37. The lowest BCUT2D eigenvalue weighted by atomic mass is 10.0. The number of fused-ring (bicyclic) bond motifs is 1. The molecule has 2 heteroatoms. The van der Waals surface area contributed by atoms with Crippen LogP contribution in [0.3, 0.4) is 0 Å². The second-order valence-corrected chi connectivity index (χ2v) is 3.84. The van der Waals surface area contributed by atoms with Crippen LogP contribution in [0.1, 0.15) is 18.1 Å². The normalized spacial score (nSPS) is 12.9. The first kappa shape index (κ1) is 11.1. The van der Waals surface area contributed by atoms with Gasteiger partial charge in [0.2, 0.25) is 0 Å². The summed E-state index contributed by atoms with van der Waals surface area (Å²) in [4.78, 5) is 0. The van der Waals surface area contributed by atoms with E-state index in [-0.39, 0.29) is 12.7 Å². The van der Waals surface area contributed by atoms with E-state index in [0.29, 0.717) is 6.42 Å². The third kappa shape index (κ3) is 2.23. The van der Waals surface area contributed by atoms with Crippen molar-refractivity contribution >= 4 is 10.8 Å². The first-order valence-corrected chi connectivity index (χ1v) is 5.47. The second-order valence-electron chi connectivity index (χ2n) is 3.84. The smallest absolute Gasteiger partial charge is 0.0843 e. The third-order valence-corrected chi connectivity index (χ3v) is 2.82. The summed E-state index contributed by atoms with van der Waals surface area (Å²) in [6, 6.07) is 14.5. The van der Waals surface area contributed by atoms with Gasteiger partial charge in [0, 0.05) is 20.1 Å². The number of aliphatic hydroxyl groups is 1. The lowest BCUT2D eigenvalue weighted by molar-refractivity contribution is 0.0776. The van der Waals surface area contributed by atoms with Gasteiger partial charge >= 0.3 is 0 Å². The molecule has 1 atom stereocenters. The fourth-order valence-electron chi connectivity index (χ4n) is 1.95. The molecule has 0 bridgehead atoms. The van der Waals surface area contributed by atoms with Crippen LogP contribution >= 0.6 is 0 Å². The number of methoxy groups -OCH3 is 1. The largest absolute Gasteiger partial charge is 0.396 e. The molecule has 0 aromatic heterocycles. The van der Waals surface area contributed by atoms with Crippen LogP contribution in [-0.4, -0.2) is 18.8 Å². The van der Waals surface area contributed by atoms with Gasteiger partial charge in [0.15, 0.2) is 0 Å². The van der Waals surface area contributed by atoms with E-state index in [1.54, 1.807) is 7.11 Å². The molecule has 0 fully saturated rings. The summed E-state index contributed by atoms with van der Waals surface area (Å²) in [6.45, 7) is 0.144. The molecule has 0 heterocycles. The summed E-state index contributed by atoms with van der Waals surface area (Å²) in [5.41, 5.74) is 1.12. The van der Waals surface area contributed by atoms with Crippen molar-refractivity contribution in [3.05, 3.63) is 48.0 Å². The molecule has 0 aliphatic heterocycles. The van der Waals surface area contributed by atoms with Crippen molar-refractivity contribution in [3.8, 4) is 0 Å². The van der Waals surface area contributed by atoms with Crippen LogP contribution in [0.2, 0.25) is 0 Å². The Morgan fingerprint density at radius 3 is 2.56 bits per heavy atom. The first-order chi connectivity index (χ1) is 7.85. The minimum absolute atomic E-state index is 0.0189. The highest BCUT2D eigenvalue weighted by Crippen LogP contribution is 2.24. The highest BCUT2D eigenvalue weighted by atomic mass is 16.5. The van der Waals surface area contributed by atoms with Gasteiger partial charge in [-0.25, -0.2) is 0 Å². The maximum absolute atomic E-state index is 8.96. The van der Waals surface area contributed by atoms with Gasteiger partial charge in [-0.05, 0) is 22.4 Å². The van der Waals surface area contributed by atoms with Crippen LogP contribution in [0.25, 0.3) is 10.8 Å². The van der Waals surface area contributed by atoms with Crippen molar-refractivity contribution in [1.82, 2.24) is 0 Å². The quantitative estimate of drug-likeness (QED) is 0.851. The fraction of sp³-hybridized carbons (Fsp3) is 0.286. The first-order valence-electron chi connectivity index (χ1n) is 5.47. The minimum Gasteiger partial charge on any atom is -0.396 e. The summed E-state index contributed by atoms with van der Waals surface area (Å²) in [7, 11) is 1.68. The summed E-state index contributed by atoms with van der Waals surface area (Å²) in [5.74, 6) is 0. The molecule has 2 aromatic rings. The Morgan fingerprint density at radius 1 is 1.12 bits per heavy atom. The Hall–Kier alpha value is -1.38. The molecule has 2 aromatic carbocycles. The summed E-state index contributed by atoms with van der Waals surface area (Å²) >= 11 is 0. The lowest BCUT2D eigenvalue weighted by Crippen LogP contribution is -2.03. The molecule has 0 saturated carbocycles. The number of rotatable bonds is 4. The third-order valence-electron chi connectivity index (χ3n) is 2.82. The van der Waals surface area contributed by atoms with Gasteiger partial charge in [-0.2, -0.15) is 0 Å². The molecule has 1 N–H and O–H groups in total. The monoisotopic (exact) mass is 216 g/mol. The Morgan fingerprint density at radius 2 is 1.88 bits per heavy atom.